The molecule has 1 fully saturated rings. The topological polar surface area (TPSA) is 63.4 Å². The van der Waals surface area contributed by atoms with Crippen LogP contribution in [-0.2, 0) is 4.79 Å². The van der Waals surface area contributed by atoms with E-state index in [4.69, 9.17) is 18.0 Å². The van der Waals surface area contributed by atoms with Gasteiger partial charge in [-0.05, 0) is 42.3 Å². The maximum Gasteiger partial charge on any atom is 0.271 e. The van der Waals surface area contributed by atoms with Gasteiger partial charge in [0.1, 0.15) is 5.82 Å². The molecule has 0 saturated carbocycles. The molecule has 1 saturated heterocycles. The third kappa shape index (κ3) is 3.20. The highest BCUT2D eigenvalue weighted by Crippen LogP contribution is 2.40. The number of amides is 2. The number of para-hydroxylation sites is 1. The molecular weight excluding hydrogens is 359 g/mol. The second kappa shape index (κ2) is 6.78. The summed E-state index contributed by atoms with van der Waals surface area (Å²) in [6.07, 6.45) is 0. The van der Waals surface area contributed by atoms with Gasteiger partial charge in [0.25, 0.3) is 11.8 Å². The lowest BCUT2D eigenvalue weighted by Gasteiger charge is -2.17. The van der Waals surface area contributed by atoms with E-state index in [2.05, 4.69) is 0 Å². The van der Waals surface area contributed by atoms with E-state index in [1.807, 2.05) is 0 Å². The van der Waals surface area contributed by atoms with Gasteiger partial charge in [0.05, 0.1) is 16.2 Å². The number of primary amides is 1. The van der Waals surface area contributed by atoms with Crippen LogP contribution in [0.2, 0.25) is 0 Å². The molecule has 0 radical (unpaired) electrons. The number of hydrogen-bond acceptors (Lipinski definition) is 4. The van der Waals surface area contributed by atoms with Gasteiger partial charge in [0, 0.05) is 0 Å². The number of thioether (sulfide) groups is 1. The fraction of sp³-hybridized carbons (Fsp3) is 0.0556. The van der Waals surface area contributed by atoms with Crippen molar-refractivity contribution >= 4 is 51.4 Å². The summed E-state index contributed by atoms with van der Waals surface area (Å²) < 4.78 is 13.4. The zero-order valence-electron chi connectivity index (χ0n) is 13.2. The lowest BCUT2D eigenvalue weighted by molar-refractivity contribution is -0.113. The van der Waals surface area contributed by atoms with Crippen LogP contribution in [-0.4, -0.2) is 16.1 Å². The zero-order chi connectivity index (χ0) is 18.1. The molecule has 25 heavy (non-hydrogen) atoms. The summed E-state index contributed by atoms with van der Waals surface area (Å²) in [5.74, 6) is -1.31. The molecule has 2 aromatic rings. The Kier molecular flexibility index (Phi) is 4.69. The first-order valence-corrected chi connectivity index (χ1v) is 8.54. The minimum absolute atomic E-state index is 0.222. The lowest BCUT2D eigenvalue weighted by atomic mass is 10.1. The Labute approximate surface area is 153 Å². The first-order chi connectivity index (χ1) is 11.9. The molecule has 3 rings (SSSR count). The molecule has 0 unspecified atom stereocenters. The number of rotatable bonds is 3. The van der Waals surface area contributed by atoms with E-state index < -0.39 is 5.91 Å². The number of nitrogens with two attached hydrogens (primary N) is 1. The van der Waals surface area contributed by atoms with Crippen LogP contribution < -0.4 is 10.6 Å². The number of allylic oxidation sites excluding steroid dienone is 1. The zero-order valence-corrected chi connectivity index (χ0v) is 14.8. The van der Waals surface area contributed by atoms with Gasteiger partial charge in [-0.2, -0.15) is 0 Å². The van der Waals surface area contributed by atoms with Crippen LogP contribution in [0.15, 0.2) is 53.4 Å². The summed E-state index contributed by atoms with van der Waals surface area (Å²) in [4.78, 5) is 26.3. The fourth-order valence-electron chi connectivity index (χ4n) is 2.51. The highest BCUT2D eigenvalue weighted by Gasteiger charge is 2.36. The molecule has 0 aliphatic carbocycles. The second-order valence-electron chi connectivity index (χ2n) is 5.35. The molecule has 1 aliphatic rings. The Balaban J connectivity index is 2.05. The maximum atomic E-state index is 13.1. The average molecular weight is 372 g/mol. The van der Waals surface area contributed by atoms with Crippen LogP contribution in [0.1, 0.15) is 22.8 Å². The number of carbonyl (C=O) groups is 2. The number of halogens is 1. The highest BCUT2D eigenvalue weighted by molar-refractivity contribution is 8.27. The predicted octanol–water partition coefficient (Wildman–Crippen LogP) is 3.72. The van der Waals surface area contributed by atoms with Gasteiger partial charge in [-0.1, -0.05) is 48.2 Å². The number of thiocarbonyl (C=S) groups is 1. The van der Waals surface area contributed by atoms with Gasteiger partial charge in [0.2, 0.25) is 0 Å². The SMILES string of the molecule is C/C(=C1/SC(=S)N(c2ccccc2C(N)=O)C1=O)c1ccc(F)cc1. The summed E-state index contributed by atoms with van der Waals surface area (Å²) in [5.41, 5.74) is 7.40. The van der Waals surface area contributed by atoms with Crippen molar-refractivity contribution in [2.75, 3.05) is 4.90 Å². The predicted molar refractivity (Wildman–Crippen MR) is 102 cm³/mol. The fourth-order valence-corrected chi connectivity index (χ4v) is 3.84. The minimum atomic E-state index is -0.635. The first kappa shape index (κ1) is 17.3. The van der Waals surface area contributed by atoms with E-state index in [9.17, 15) is 14.0 Å². The normalized spacial score (nSPS) is 16.3. The molecule has 0 bridgehead atoms. The molecule has 2 amide bonds. The molecule has 7 heteroatoms. The molecule has 0 atom stereocenters. The van der Waals surface area contributed by atoms with Crippen LogP contribution in [0.25, 0.3) is 5.57 Å². The number of benzene rings is 2. The molecule has 2 N–H and O–H groups in total. The van der Waals surface area contributed by atoms with E-state index >= 15 is 0 Å². The lowest BCUT2D eigenvalue weighted by Crippen LogP contribution is -2.30. The van der Waals surface area contributed by atoms with Crippen molar-refractivity contribution in [3.05, 3.63) is 70.4 Å². The van der Waals surface area contributed by atoms with Crippen molar-refractivity contribution in [2.24, 2.45) is 5.73 Å². The Bertz CT molecular complexity index is 923. The summed E-state index contributed by atoms with van der Waals surface area (Å²) in [5, 5.41) is 0. The van der Waals surface area contributed by atoms with E-state index in [1.54, 1.807) is 43.3 Å². The molecule has 4 nitrogen and oxygen atoms in total. The maximum absolute atomic E-state index is 13.1. The summed E-state index contributed by atoms with van der Waals surface area (Å²) >= 11 is 6.48. The van der Waals surface area contributed by atoms with Crippen molar-refractivity contribution in [3.63, 3.8) is 0 Å². The summed E-state index contributed by atoms with van der Waals surface area (Å²) in [6, 6.07) is 12.4. The third-order valence-corrected chi connectivity index (χ3v) is 5.27. The third-order valence-electron chi connectivity index (χ3n) is 3.80. The number of carbonyl (C=O) groups excluding carboxylic acids is 2. The van der Waals surface area contributed by atoms with Crippen LogP contribution in [0, 0.1) is 5.82 Å². The van der Waals surface area contributed by atoms with Crippen molar-refractivity contribution in [1.29, 1.82) is 0 Å². The number of nitrogens with zero attached hydrogens (tertiary/aromatic N) is 1. The van der Waals surface area contributed by atoms with Gasteiger partial charge in [-0.25, -0.2) is 4.39 Å². The van der Waals surface area contributed by atoms with E-state index in [1.165, 1.54) is 17.0 Å². The van der Waals surface area contributed by atoms with Crippen molar-refractivity contribution < 1.29 is 14.0 Å². The van der Waals surface area contributed by atoms with E-state index in [0.717, 1.165) is 17.3 Å². The van der Waals surface area contributed by atoms with Gasteiger partial charge in [0.15, 0.2) is 4.32 Å². The van der Waals surface area contributed by atoms with Crippen LogP contribution in [0.3, 0.4) is 0 Å². The van der Waals surface area contributed by atoms with Crippen molar-refractivity contribution in [2.45, 2.75) is 6.92 Å². The second-order valence-corrected chi connectivity index (χ2v) is 7.00. The van der Waals surface area contributed by atoms with Gasteiger partial charge >= 0.3 is 0 Å². The standard InChI is InChI=1S/C18H13FN2O2S2/c1-10(11-6-8-12(19)9-7-11)15-17(23)21(18(24)25-15)14-5-3-2-4-13(14)16(20)22/h2-9H,1H3,(H2,20,22)/b15-10-. The van der Waals surface area contributed by atoms with Gasteiger partial charge in [-0.15, -0.1) is 0 Å². The largest absolute Gasteiger partial charge is 0.366 e. The smallest absolute Gasteiger partial charge is 0.271 e. The van der Waals surface area contributed by atoms with E-state index in [-0.39, 0.29) is 17.3 Å². The quantitative estimate of drug-likeness (QED) is 0.659. The van der Waals surface area contributed by atoms with Crippen molar-refractivity contribution in [1.82, 2.24) is 0 Å². The molecule has 2 aromatic carbocycles. The Morgan fingerprint density at radius 3 is 2.44 bits per heavy atom. The van der Waals surface area contributed by atoms with E-state index in [0.29, 0.717) is 20.5 Å². The Hall–Kier alpha value is -2.51. The first-order valence-electron chi connectivity index (χ1n) is 7.32. The molecule has 126 valence electrons. The Morgan fingerprint density at radius 1 is 1.16 bits per heavy atom. The average Bonchev–Trinajstić information content (AvgIpc) is 2.89. The molecule has 1 aliphatic heterocycles. The molecule has 0 aromatic heterocycles. The highest BCUT2D eigenvalue weighted by atomic mass is 32.2. The Morgan fingerprint density at radius 2 is 1.80 bits per heavy atom. The monoisotopic (exact) mass is 372 g/mol. The van der Waals surface area contributed by atoms with Crippen molar-refractivity contribution in [3.8, 4) is 0 Å². The molecular formula is C18H13FN2O2S2. The van der Waals surface area contributed by atoms with Crippen LogP contribution in [0.5, 0.6) is 0 Å². The van der Waals surface area contributed by atoms with Crippen LogP contribution in [0.4, 0.5) is 10.1 Å². The summed E-state index contributed by atoms with van der Waals surface area (Å²) in [6.45, 7) is 1.78. The minimum Gasteiger partial charge on any atom is -0.366 e. The van der Waals surface area contributed by atoms with Crippen LogP contribution >= 0.6 is 24.0 Å². The molecule has 0 spiro atoms. The van der Waals surface area contributed by atoms with Gasteiger partial charge < -0.3 is 5.73 Å². The van der Waals surface area contributed by atoms with Gasteiger partial charge in [-0.3, -0.25) is 14.5 Å². The summed E-state index contributed by atoms with van der Waals surface area (Å²) in [7, 11) is 0. The number of hydrogen-bond donors (Lipinski definition) is 1. The molecule has 1 heterocycles. The number of anilines is 1.